The normalized spacial score (nSPS) is 12.1. The third-order valence-corrected chi connectivity index (χ3v) is 6.94. The molecule has 0 heterocycles. The molecule has 0 radical (unpaired) electrons. The molecule has 0 aliphatic rings. The van der Waals surface area contributed by atoms with E-state index >= 15 is 0 Å². The van der Waals surface area contributed by atoms with Gasteiger partial charge in [-0.05, 0) is 74.1 Å². The van der Waals surface area contributed by atoms with Gasteiger partial charge in [0.1, 0.15) is 5.75 Å². The van der Waals surface area contributed by atoms with Crippen molar-refractivity contribution in [3.8, 4) is 5.75 Å². The van der Waals surface area contributed by atoms with E-state index in [1.165, 1.54) is 56.9 Å². The molecule has 2 aromatic carbocycles. The average Bonchev–Trinajstić information content (AvgIpc) is 2.95. The molecule has 0 amide bonds. The smallest absolute Gasteiger partial charge is 0.308 e. The summed E-state index contributed by atoms with van der Waals surface area (Å²) in [5.41, 5.74) is 3.08. The monoisotopic (exact) mass is 522 g/mol. The molecule has 0 aliphatic carbocycles. The highest BCUT2D eigenvalue weighted by atomic mass is 16.5. The maximum atomic E-state index is 11.6. The van der Waals surface area contributed by atoms with Gasteiger partial charge in [0.25, 0.3) is 0 Å². The zero-order valence-electron chi connectivity index (χ0n) is 24.1. The van der Waals surface area contributed by atoms with Crippen LogP contribution in [0.2, 0.25) is 0 Å². The number of rotatable bonds is 21. The van der Waals surface area contributed by atoms with Crippen LogP contribution in [0.25, 0.3) is 0 Å². The molecule has 5 heteroatoms. The number of unbranched alkanes of at least 4 members (excludes halogenated alkanes) is 10. The second-order valence-electron chi connectivity index (χ2n) is 10.3. The van der Waals surface area contributed by atoms with Crippen molar-refractivity contribution in [3.05, 3.63) is 54.1 Å². The number of carbonyl (C=O) groups excluding carboxylic acids is 1. The van der Waals surface area contributed by atoms with E-state index in [-0.39, 0.29) is 11.9 Å². The van der Waals surface area contributed by atoms with E-state index in [1.54, 1.807) is 0 Å². The summed E-state index contributed by atoms with van der Waals surface area (Å²) in [4.78, 5) is 11.6. The third kappa shape index (κ3) is 14.3. The minimum atomic E-state index is -0.0654. The Balaban J connectivity index is 1.53. The van der Waals surface area contributed by atoms with Crippen LogP contribution in [0.4, 0.5) is 11.4 Å². The number of carbonyl (C=O) groups is 1. The van der Waals surface area contributed by atoms with Gasteiger partial charge in [-0.1, -0.05) is 90.7 Å². The van der Waals surface area contributed by atoms with Gasteiger partial charge in [0.15, 0.2) is 0 Å². The zero-order chi connectivity index (χ0) is 27.3. The lowest BCUT2D eigenvalue weighted by Crippen LogP contribution is -2.14. The summed E-state index contributed by atoms with van der Waals surface area (Å²) in [5, 5.41) is 8.75. The van der Waals surface area contributed by atoms with E-state index in [2.05, 4.69) is 41.4 Å². The second-order valence-corrected chi connectivity index (χ2v) is 10.3. The quantitative estimate of drug-likeness (QED) is 0.0930. The highest BCUT2D eigenvalue weighted by Crippen LogP contribution is 2.22. The summed E-state index contributed by atoms with van der Waals surface area (Å²) in [6, 6.07) is 16.2. The summed E-state index contributed by atoms with van der Waals surface area (Å²) in [6.07, 6.45) is 16.5. The van der Waals surface area contributed by atoms with Crippen molar-refractivity contribution in [2.24, 2.45) is 16.1 Å². The highest BCUT2D eigenvalue weighted by molar-refractivity contribution is 5.71. The molecule has 210 valence electrons. The summed E-state index contributed by atoms with van der Waals surface area (Å²) in [6.45, 7) is 7.46. The Morgan fingerprint density at radius 3 is 1.82 bits per heavy atom. The molecule has 0 aliphatic heterocycles. The Morgan fingerprint density at radius 2 is 1.21 bits per heavy atom. The fourth-order valence-corrected chi connectivity index (χ4v) is 4.15. The average molecular weight is 523 g/mol. The molecule has 1 atom stereocenters. The fraction of sp³-hybridized carbons (Fsp3) is 0.606. The molecule has 2 rings (SSSR count). The van der Waals surface area contributed by atoms with Crippen LogP contribution in [-0.4, -0.2) is 19.2 Å². The third-order valence-electron chi connectivity index (χ3n) is 6.94. The number of ether oxygens (including phenoxy) is 2. The number of hydrogen-bond acceptors (Lipinski definition) is 5. The Kier molecular flexibility index (Phi) is 16.8. The van der Waals surface area contributed by atoms with E-state index in [0.29, 0.717) is 6.61 Å². The van der Waals surface area contributed by atoms with Crippen LogP contribution >= 0.6 is 0 Å². The van der Waals surface area contributed by atoms with Crippen molar-refractivity contribution >= 4 is 17.3 Å². The SMILES string of the molecule is CCCCCCCCc1ccc(/N=N/c2ccc(OCCCCCCCCOC(=O)C(C)CC)cc2)cc1. The molecule has 0 fully saturated rings. The molecular formula is C33H50N2O3. The first-order valence-corrected chi connectivity index (χ1v) is 15.0. The number of nitrogens with zero attached hydrogens (tertiary/aromatic N) is 2. The molecule has 0 aromatic heterocycles. The molecule has 0 saturated heterocycles. The largest absolute Gasteiger partial charge is 0.494 e. The van der Waals surface area contributed by atoms with Crippen molar-refractivity contribution in [3.63, 3.8) is 0 Å². The molecule has 0 bridgehead atoms. The van der Waals surface area contributed by atoms with Gasteiger partial charge in [-0.2, -0.15) is 10.2 Å². The van der Waals surface area contributed by atoms with E-state index in [9.17, 15) is 4.79 Å². The summed E-state index contributed by atoms with van der Waals surface area (Å²) in [7, 11) is 0. The molecule has 1 unspecified atom stereocenters. The van der Waals surface area contributed by atoms with Crippen molar-refractivity contribution in [1.29, 1.82) is 0 Å². The first-order valence-electron chi connectivity index (χ1n) is 15.0. The molecule has 2 aromatic rings. The first-order chi connectivity index (χ1) is 18.6. The van der Waals surface area contributed by atoms with Crippen LogP contribution in [0.3, 0.4) is 0 Å². The summed E-state index contributed by atoms with van der Waals surface area (Å²) in [5.74, 6) is 0.813. The van der Waals surface area contributed by atoms with E-state index in [0.717, 1.165) is 62.3 Å². The van der Waals surface area contributed by atoms with Gasteiger partial charge in [-0.15, -0.1) is 0 Å². The van der Waals surface area contributed by atoms with Crippen molar-refractivity contribution in [2.75, 3.05) is 13.2 Å². The Bertz CT molecular complexity index is 893. The standard InChI is InChI=1S/C33H50N2O3/c1-4-6-7-8-11-14-17-29-18-20-30(21-19-29)34-35-31-22-24-32(25-23-31)37-26-15-12-9-10-13-16-27-38-33(36)28(3)5-2/h18-25,28H,4-17,26-27H2,1-3H3/b35-34+. The maximum Gasteiger partial charge on any atom is 0.308 e. The molecule has 38 heavy (non-hydrogen) atoms. The van der Waals surface area contributed by atoms with Gasteiger partial charge in [0, 0.05) is 0 Å². The number of esters is 1. The fourth-order valence-electron chi connectivity index (χ4n) is 4.15. The lowest BCUT2D eigenvalue weighted by molar-refractivity contribution is -0.148. The van der Waals surface area contributed by atoms with Crippen molar-refractivity contribution in [1.82, 2.24) is 0 Å². The molecule has 0 saturated carbocycles. The molecule has 0 spiro atoms. The van der Waals surface area contributed by atoms with E-state index < -0.39 is 0 Å². The van der Waals surface area contributed by atoms with Crippen LogP contribution < -0.4 is 4.74 Å². The van der Waals surface area contributed by atoms with Crippen LogP contribution in [0.15, 0.2) is 58.8 Å². The predicted octanol–water partition coefficient (Wildman–Crippen LogP) is 10.3. The topological polar surface area (TPSA) is 60.3 Å². The van der Waals surface area contributed by atoms with E-state index in [1.807, 2.05) is 38.1 Å². The van der Waals surface area contributed by atoms with E-state index in [4.69, 9.17) is 9.47 Å². The summed E-state index contributed by atoms with van der Waals surface area (Å²) >= 11 is 0. The van der Waals surface area contributed by atoms with Crippen LogP contribution in [0, 0.1) is 5.92 Å². The van der Waals surface area contributed by atoms with Gasteiger partial charge >= 0.3 is 5.97 Å². The van der Waals surface area contributed by atoms with Crippen LogP contribution in [0.5, 0.6) is 5.75 Å². The van der Waals surface area contributed by atoms with Gasteiger partial charge < -0.3 is 9.47 Å². The maximum absolute atomic E-state index is 11.6. The number of benzene rings is 2. The van der Waals surface area contributed by atoms with Gasteiger partial charge in [-0.3, -0.25) is 4.79 Å². The summed E-state index contributed by atoms with van der Waals surface area (Å²) < 4.78 is 11.2. The molecule has 5 nitrogen and oxygen atoms in total. The predicted molar refractivity (Wildman–Crippen MR) is 158 cm³/mol. The molecular weight excluding hydrogens is 472 g/mol. The lowest BCUT2D eigenvalue weighted by atomic mass is 10.0. The van der Waals surface area contributed by atoms with Gasteiger partial charge in [0.05, 0.1) is 30.5 Å². The number of azo groups is 1. The number of aryl methyl sites for hydroxylation is 1. The molecule has 0 N–H and O–H groups in total. The van der Waals surface area contributed by atoms with Gasteiger partial charge in [-0.25, -0.2) is 0 Å². The Morgan fingerprint density at radius 1 is 0.684 bits per heavy atom. The van der Waals surface area contributed by atoms with Crippen LogP contribution in [0.1, 0.15) is 110 Å². The van der Waals surface area contributed by atoms with Crippen LogP contribution in [-0.2, 0) is 16.0 Å². The van der Waals surface area contributed by atoms with Gasteiger partial charge in [0.2, 0.25) is 0 Å². The Labute approximate surface area is 231 Å². The second kappa shape index (κ2) is 20.3. The zero-order valence-corrected chi connectivity index (χ0v) is 24.1. The van der Waals surface area contributed by atoms with Crippen molar-refractivity contribution in [2.45, 2.75) is 111 Å². The minimum absolute atomic E-state index is 0.0120. The lowest BCUT2D eigenvalue weighted by Gasteiger charge is -2.09. The highest BCUT2D eigenvalue weighted by Gasteiger charge is 2.10. The Hall–Kier alpha value is -2.69. The first kappa shape index (κ1) is 31.5. The number of hydrogen-bond donors (Lipinski definition) is 0. The van der Waals surface area contributed by atoms with Crippen molar-refractivity contribution < 1.29 is 14.3 Å². The minimum Gasteiger partial charge on any atom is -0.494 e.